The summed E-state index contributed by atoms with van der Waals surface area (Å²) in [5, 5.41) is 8.36. The van der Waals surface area contributed by atoms with Crippen LogP contribution in [0.2, 0.25) is 0 Å². The molecule has 0 radical (unpaired) electrons. The first kappa shape index (κ1) is 11.9. The van der Waals surface area contributed by atoms with Gasteiger partial charge in [-0.3, -0.25) is 0 Å². The van der Waals surface area contributed by atoms with Crippen LogP contribution in [0.1, 0.15) is 31.0 Å². The Morgan fingerprint density at radius 2 is 1.81 bits per heavy atom. The minimum atomic E-state index is 0.0820. The summed E-state index contributed by atoms with van der Waals surface area (Å²) in [6, 6.07) is 10.3. The summed E-state index contributed by atoms with van der Waals surface area (Å²) in [7, 11) is 0. The van der Waals surface area contributed by atoms with Crippen molar-refractivity contribution in [2.75, 3.05) is 0 Å². The third-order valence-electron chi connectivity index (χ3n) is 6.13. The average Bonchev–Trinajstić information content (AvgIpc) is 2.92. The van der Waals surface area contributed by atoms with E-state index >= 15 is 0 Å². The van der Waals surface area contributed by atoms with Crippen molar-refractivity contribution in [2.24, 2.45) is 35.3 Å². The fraction of sp³-hybridized carbons (Fsp3) is 0.529. The highest BCUT2D eigenvalue weighted by atomic mass is 15.4. The van der Waals surface area contributed by atoms with Gasteiger partial charge in [0.05, 0.1) is 23.6 Å². The fourth-order valence-electron chi connectivity index (χ4n) is 5.31. The number of benzene rings is 1. The maximum absolute atomic E-state index is 6.62. The van der Waals surface area contributed by atoms with Crippen LogP contribution < -0.4 is 5.73 Å². The Kier molecular flexibility index (Phi) is 2.37. The predicted molar refractivity (Wildman–Crippen MR) is 79.6 cm³/mol. The van der Waals surface area contributed by atoms with Gasteiger partial charge in [-0.25, -0.2) is 4.68 Å². The van der Waals surface area contributed by atoms with Crippen LogP contribution in [0.3, 0.4) is 0 Å². The third-order valence-corrected chi connectivity index (χ3v) is 6.13. The minimum absolute atomic E-state index is 0.0820. The van der Waals surface area contributed by atoms with Crippen molar-refractivity contribution in [1.29, 1.82) is 0 Å². The normalized spacial score (nSPS) is 37.5. The van der Waals surface area contributed by atoms with E-state index in [9.17, 15) is 0 Å². The van der Waals surface area contributed by atoms with E-state index in [1.54, 1.807) is 0 Å². The highest BCUT2D eigenvalue weighted by Gasteiger charge is 2.66. The van der Waals surface area contributed by atoms with Crippen LogP contribution in [-0.4, -0.2) is 15.0 Å². The van der Waals surface area contributed by atoms with Crippen LogP contribution >= 0.6 is 0 Å². The van der Waals surface area contributed by atoms with E-state index in [0.717, 1.165) is 35.1 Å². The van der Waals surface area contributed by atoms with E-state index in [-0.39, 0.29) is 6.04 Å². The maximum atomic E-state index is 6.62. The highest BCUT2D eigenvalue weighted by Crippen LogP contribution is 2.71. The van der Waals surface area contributed by atoms with E-state index in [4.69, 9.17) is 5.73 Å². The number of aromatic nitrogens is 3. The summed E-state index contributed by atoms with van der Waals surface area (Å²) in [6.45, 7) is 0. The van der Waals surface area contributed by atoms with Gasteiger partial charge in [-0.05, 0) is 61.0 Å². The van der Waals surface area contributed by atoms with Crippen molar-refractivity contribution in [3.8, 4) is 5.69 Å². The van der Waals surface area contributed by atoms with Gasteiger partial charge in [0.1, 0.15) is 0 Å². The number of para-hydroxylation sites is 1. The summed E-state index contributed by atoms with van der Waals surface area (Å²) < 4.78 is 1.92. The number of nitrogens with zero attached hydrogens (tertiary/aromatic N) is 3. The first-order valence-electron chi connectivity index (χ1n) is 8.06. The van der Waals surface area contributed by atoms with Crippen molar-refractivity contribution in [3.05, 3.63) is 42.2 Å². The molecule has 21 heavy (non-hydrogen) atoms. The summed E-state index contributed by atoms with van der Waals surface area (Å²) >= 11 is 0. The zero-order chi connectivity index (χ0) is 14.0. The highest BCUT2D eigenvalue weighted by molar-refractivity contribution is 5.33. The second kappa shape index (κ2) is 4.17. The Bertz CT molecular complexity index is 648. The van der Waals surface area contributed by atoms with Gasteiger partial charge < -0.3 is 5.73 Å². The summed E-state index contributed by atoms with van der Waals surface area (Å²) in [6.07, 6.45) is 6.19. The molecular weight excluding hydrogens is 260 g/mol. The van der Waals surface area contributed by atoms with Crippen LogP contribution in [0, 0.1) is 29.6 Å². The van der Waals surface area contributed by atoms with Crippen molar-refractivity contribution >= 4 is 0 Å². The Morgan fingerprint density at radius 1 is 1.10 bits per heavy atom. The molecule has 1 aromatic carbocycles. The number of rotatable bonds is 3. The van der Waals surface area contributed by atoms with E-state index < -0.39 is 0 Å². The molecule has 1 aromatic heterocycles. The molecule has 0 aliphatic heterocycles. The molecule has 3 aliphatic rings. The molecule has 2 aromatic rings. The largest absolute Gasteiger partial charge is 0.322 e. The third kappa shape index (κ3) is 1.59. The van der Waals surface area contributed by atoms with Crippen LogP contribution in [0.4, 0.5) is 0 Å². The number of fused-ring (bicyclic) bond motifs is 5. The molecule has 3 fully saturated rings. The van der Waals surface area contributed by atoms with Crippen LogP contribution in [0.5, 0.6) is 0 Å². The number of nitrogens with two attached hydrogens (primary N) is 1. The van der Waals surface area contributed by atoms with Gasteiger partial charge in [0.25, 0.3) is 0 Å². The quantitative estimate of drug-likeness (QED) is 0.940. The second-order valence-electron chi connectivity index (χ2n) is 7.00. The first-order valence-corrected chi connectivity index (χ1v) is 8.06. The summed E-state index contributed by atoms with van der Waals surface area (Å²) in [5.74, 6) is 4.35. The maximum Gasteiger partial charge on any atom is 0.0816 e. The molecule has 1 heterocycles. The molecule has 4 nitrogen and oxygen atoms in total. The van der Waals surface area contributed by atoms with Crippen molar-refractivity contribution in [1.82, 2.24) is 15.0 Å². The lowest BCUT2D eigenvalue weighted by atomic mass is 9.96. The molecule has 0 saturated heterocycles. The topological polar surface area (TPSA) is 56.7 Å². The van der Waals surface area contributed by atoms with E-state index in [0.29, 0.717) is 5.92 Å². The molecule has 108 valence electrons. The lowest BCUT2D eigenvalue weighted by molar-refractivity contribution is 0.409. The standard InChI is InChI=1S/C17H20N4/c18-17(16-14-10-6-7-11(8-10)15(14)16)13-9-19-20-21(13)12-4-2-1-3-5-12/h1-5,9-11,14-17H,6-8,18H2. The van der Waals surface area contributed by atoms with Gasteiger partial charge in [-0.1, -0.05) is 23.4 Å². The summed E-state index contributed by atoms with van der Waals surface area (Å²) in [5.41, 5.74) is 8.74. The lowest BCUT2D eigenvalue weighted by Crippen LogP contribution is -2.21. The smallest absolute Gasteiger partial charge is 0.0816 e. The van der Waals surface area contributed by atoms with Gasteiger partial charge >= 0.3 is 0 Å². The minimum Gasteiger partial charge on any atom is -0.322 e. The molecule has 2 N–H and O–H groups in total. The average molecular weight is 280 g/mol. The Balaban J connectivity index is 1.46. The Morgan fingerprint density at radius 3 is 2.52 bits per heavy atom. The first-order chi connectivity index (χ1) is 10.3. The van der Waals surface area contributed by atoms with Crippen LogP contribution in [0.15, 0.2) is 36.5 Å². The SMILES string of the molecule is NC(c1cnnn1-c1ccccc1)C1C2C3CCC(C3)C21. The molecular formula is C17H20N4. The number of hydrogen-bond donors (Lipinski definition) is 1. The molecule has 5 atom stereocenters. The van der Waals surface area contributed by atoms with Gasteiger partial charge in [0.15, 0.2) is 0 Å². The van der Waals surface area contributed by atoms with Gasteiger partial charge in [-0.2, -0.15) is 0 Å². The molecule has 0 spiro atoms. The molecule has 4 heteroatoms. The zero-order valence-electron chi connectivity index (χ0n) is 12.0. The van der Waals surface area contributed by atoms with E-state index in [2.05, 4.69) is 22.4 Å². The summed E-state index contributed by atoms with van der Waals surface area (Å²) in [4.78, 5) is 0. The Labute approximate surface area is 124 Å². The predicted octanol–water partition coefficient (Wildman–Crippen LogP) is 2.56. The molecule has 3 saturated carbocycles. The monoisotopic (exact) mass is 280 g/mol. The van der Waals surface area contributed by atoms with Gasteiger partial charge in [0, 0.05) is 0 Å². The van der Waals surface area contributed by atoms with Crippen molar-refractivity contribution in [2.45, 2.75) is 25.3 Å². The Hall–Kier alpha value is -1.68. The molecule has 5 rings (SSSR count). The lowest BCUT2D eigenvalue weighted by Gasteiger charge is -2.17. The van der Waals surface area contributed by atoms with E-state index in [1.165, 1.54) is 19.3 Å². The zero-order valence-corrected chi connectivity index (χ0v) is 12.0. The van der Waals surface area contributed by atoms with Gasteiger partial charge in [0.2, 0.25) is 0 Å². The van der Waals surface area contributed by atoms with Gasteiger partial charge in [-0.15, -0.1) is 5.10 Å². The molecule has 3 aliphatic carbocycles. The molecule has 5 unspecified atom stereocenters. The van der Waals surface area contributed by atoms with Crippen LogP contribution in [-0.2, 0) is 0 Å². The second-order valence-corrected chi connectivity index (χ2v) is 7.00. The molecule has 0 amide bonds. The van der Waals surface area contributed by atoms with Crippen molar-refractivity contribution in [3.63, 3.8) is 0 Å². The van der Waals surface area contributed by atoms with Crippen molar-refractivity contribution < 1.29 is 0 Å². The van der Waals surface area contributed by atoms with E-state index in [1.807, 2.05) is 29.1 Å². The number of hydrogen-bond acceptors (Lipinski definition) is 3. The fourth-order valence-corrected chi connectivity index (χ4v) is 5.31. The van der Waals surface area contributed by atoms with Crippen LogP contribution in [0.25, 0.3) is 5.69 Å². The molecule has 2 bridgehead atoms.